The molecule has 1 heterocycles. The molecule has 0 aliphatic heterocycles. The number of hydrogen-bond donors (Lipinski definition) is 1. The SMILES string of the molecule is Cc1ccc(S(=O)(=O)c2nc(-c3ccccc3F)oc2NCCc2ccccc2)cc1. The van der Waals surface area contributed by atoms with Crippen molar-refractivity contribution in [1.82, 2.24) is 4.98 Å². The predicted molar refractivity (Wildman–Crippen MR) is 117 cm³/mol. The van der Waals surface area contributed by atoms with Crippen molar-refractivity contribution in [1.29, 1.82) is 0 Å². The summed E-state index contributed by atoms with van der Waals surface area (Å²) < 4.78 is 46.5. The van der Waals surface area contributed by atoms with Crippen molar-refractivity contribution in [3.63, 3.8) is 0 Å². The number of halogens is 1. The van der Waals surface area contributed by atoms with Crippen LogP contribution in [0.3, 0.4) is 0 Å². The van der Waals surface area contributed by atoms with E-state index in [2.05, 4.69) is 10.3 Å². The van der Waals surface area contributed by atoms with E-state index in [1.54, 1.807) is 24.3 Å². The first kappa shape index (κ1) is 20.8. The maximum absolute atomic E-state index is 14.3. The van der Waals surface area contributed by atoms with E-state index in [9.17, 15) is 12.8 Å². The molecule has 0 spiro atoms. The Kier molecular flexibility index (Phi) is 5.86. The van der Waals surface area contributed by atoms with Crippen LogP contribution >= 0.6 is 0 Å². The summed E-state index contributed by atoms with van der Waals surface area (Å²) in [4.78, 5) is 4.28. The molecular weight excluding hydrogens is 415 g/mol. The largest absolute Gasteiger partial charge is 0.419 e. The summed E-state index contributed by atoms with van der Waals surface area (Å²) in [5, 5.41) is 2.77. The number of oxazole rings is 1. The summed E-state index contributed by atoms with van der Waals surface area (Å²) >= 11 is 0. The van der Waals surface area contributed by atoms with Crippen molar-refractivity contribution in [2.24, 2.45) is 0 Å². The molecule has 0 radical (unpaired) electrons. The first-order valence-corrected chi connectivity index (χ1v) is 11.3. The van der Waals surface area contributed by atoms with Gasteiger partial charge in [0, 0.05) is 6.54 Å². The molecule has 0 fully saturated rings. The normalized spacial score (nSPS) is 11.4. The predicted octanol–water partition coefficient (Wildman–Crippen LogP) is 5.28. The molecule has 158 valence electrons. The second-order valence-electron chi connectivity index (χ2n) is 7.11. The smallest absolute Gasteiger partial charge is 0.233 e. The first-order chi connectivity index (χ1) is 14.9. The second kappa shape index (κ2) is 8.73. The Balaban J connectivity index is 1.71. The lowest BCUT2D eigenvalue weighted by Crippen LogP contribution is -2.09. The van der Waals surface area contributed by atoms with Crippen LogP contribution in [0.1, 0.15) is 11.1 Å². The van der Waals surface area contributed by atoms with Gasteiger partial charge >= 0.3 is 0 Å². The minimum Gasteiger partial charge on any atom is -0.419 e. The molecule has 1 aromatic heterocycles. The molecule has 0 unspecified atom stereocenters. The van der Waals surface area contributed by atoms with E-state index in [1.165, 1.54) is 24.3 Å². The van der Waals surface area contributed by atoms with Crippen LogP contribution in [0.2, 0.25) is 0 Å². The number of nitrogens with one attached hydrogen (secondary N) is 1. The van der Waals surface area contributed by atoms with Gasteiger partial charge in [-0.3, -0.25) is 0 Å². The quantitative estimate of drug-likeness (QED) is 0.427. The first-order valence-electron chi connectivity index (χ1n) is 9.80. The van der Waals surface area contributed by atoms with Gasteiger partial charge in [0.2, 0.25) is 26.6 Å². The van der Waals surface area contributed by atoms with Crippen LogP contribution < -0.4 is 5.32 Å². The molecule has 3 aromatic carbocycles. The Labute approximate surface area is 180 Å². The zero-order chi connectivity index (χ0) is 21.8. The Bertz CT molecular complexity index is 1280. The molecule has 4 aromatic rings. The van der Waals surface area contributed by atoms with Gasteiger partial charge in [0.05, 0.1) is 10.5 Å². The number of aryl methyl sites for hydroxylation is 1. The minimum absolute atomic E-state index is 0.00485. The zero-order valence-electron chi connectivity index (χ0n) is 16.9. The summed E-state index contributed by atoms with van der Waals surface area (Å²) in [6, 6.07) is 22.2. The number of benzene rings is 3. The molecule has 1 N–H and O–H groups in total. The highest BCUT2D eigenvalue weighted by molar-refractivity contribution is 7.91. The number of nitrogens with zero attached hydrogens (tertiary/aromatic N) is 1. The van der Waals surface area contributed by atoms with Crippen molar-refractivity contribution in [3.05, 3.63) is 95.8 Å². The van der Waals surface area contributed by atoms with Crippen LogP contribution in [-0.4, -0.2) is 19.9 Å². The monoisotopic (exact) mass is 436 g/mol. The number of rotatable bonds is 7. The van der Waals surface area contributed by atoms with Gasteiger partial charge < -0.3 is 9.73 Å². The van der Waals surface area contributed by atoms with Gasteiger partial charge in [-0.05, 0) is 43.2 Å². The van der Waals surface area contributed by atoms with E-state index in [4.69, 9.17) is 4.42 Å². The Morgan fingerprint density at radius 1 is 0.935 bits per heavy atom. The van der Waals surface area contributed by atoms with E-state index in [1.807, 2.05) is 37.3 Å². The van der Waals surface area contributed by atoms with Crippen molar-refractivity contribution >= 4 is 15.7 Å². The fourth-order valence-electron chi connectivity index (χ4n) is 3.14. The lowest BCUT2D eigenvalue weighted by Gasteiger charge is -2.06. The molecule has 5 nitrogen and oxygen atoms in total. The molecule has 0 saturated carbocycles. The zero-order valence-corrected chi connectivity index (χ0v) is 17.7. The third-order valence-electron chi connectivity index (χ3n) is 4.83. The van der Waals surface area contributed by atoms with Crippen LogP contribution in [0.4, 0.5) is 10.3 Å². The molecular formula is C24H21FN2O3S. The molecule has 4 rings (SSSR count). The fourth-order valence-corrected chi connectivity index (χ4v) is 4.42. The number of anilines is 1. The average Bonchev–Trinajstić information content (AvgIpc) is 3.20. The molecule has 0 saturated heterocycles. The molecule has 31 heavy (non-hydrogen) atoms. The molecule has 0 bridgehead atoms. The Morgan fingerprint density at radius 3 is 2.32 bits per heavy atom. The highest BCUT2D eigenvalue weighted by Gasteiger charge is 2.29. The van der Waals surface area contributed by atoms with Crippen LogP contribution in [0.15, 0.2) is 93.2 Å². The Morgan fingerprint density at radius 2 is 1.61 bits per heavy atom. The van der Waals surface area contributed by atoms with Gasteiger partial charge in [-0.1, -0.05) is 60.2 Å². The molecule has 0 aliphatic carbocycles. The van der Waals surface area contributed by atoms with Crippen LogP contribution in [0.25, 0.3) is 11.5 Å². The maximum Gasteiger partial charge on any atom is 0.233 e. The third-order valence-corrected chi connectivity index (χ3v) is 6.51. The molecule has 7 heteroatoms. The van der Waals surface area contributed by atoms with E-state index < -0.39 is 15.7 Å². The third kappa shape index (κ3) is 4.51. The van der Waals surface area contributed by atoms with Crippen molar-refractivity contribution in [2.45, 2.75) is 23.3 Å². The lowest BCUT2D eigenvalue weighted by molar-refractivity contribution is 0.567. The van der Waals surface area contributed by atoms with Crippen LogP contribution in [-0.2, 0) is 16.3 Å². The average molecular weight is 437 g/mol. The Hall–Kier alpha value is -3.45. The minimum atomic E-state index is -3.97. The summed E-state index contributed by atoms with van der Waals surface area (Å²) in [7, 11) is -3.97. The number of sulfone groups is 1. The summed E-state index contributed by atoms with van der Waals surface area (Å²) in [5.74, 6) is -0.639. The van der Waals surface area contributed by atoms with Crippen molar-refractivity contribution in [3.8, 4) is 11.5 Å². The summed E-state index contributed by atoms with van der Waals surface area (Å²) in [6.45, 7) is 2.30. The van der Waals surface area contributed by atoms with E-state index in [-0.39, 0.29) is 27.3 Å². The van der Waals surface area contributed by atoms with Crippen molar-refractivity contribution in [2.75, 3.05) is 11.9 Å². The second-order valence-corrected chi connectivity index (χ2v) is 8.98. The molecule has 0 amide bonds. The van der Waals surface area contributed by atoms with E-state index in [0.29, 0.717) is 13.0 Å². The summed E-state index contributed by atoms with van der Waals surface area (Å²) in [5.41, 5.74) is 2.12. The number of hydrogen-bond acceptors (Lipinski definition) is 5. The topological polar surface area (TPSA) is 72.2 Å². The van der Waals surface area contributed by atoms with E-state index in [0.717, 1.165) is 11.1 Å². The maximum atomic E-state index is 14.3. The van der Waals surface area contributed by atoms with E-state index >= 15 is 0 Å². The van der Waals surface area contributed by atoms with Gasteiger partial charge in [-0.15, -0.1) is 0 Å². The highest BCUT2D eigenvalue weighted by Crippen LogP contribution is 2.33. The van der Waals surface area contributed by atoms with Gasteiger partial charge in [-0.25, -0.2) is 12.8 Å². The fraction of sp³-hybridized carbons (Fsp3) is 0.125. The van der Waals surface area contributed by atoms with Crippen molar-refractivity contribution < 1.29 is 17.2 Å². The molecule has 0 aliphatic rings. The lowest BCUT2D eigenvalue weighted by atomic mass is 10.1. The number of aromatic nitrogens is 1. The molecule has 0 atom stereocenters. The van der Waals surface area contributed by atoms with Gasteiger partial charge in [0.1, 0.15) is 5.82 Å². The highest BCUT2D eigenvalue weighted by atomic mass is 32.2. The summed E-state index contributed by atoms with van der Waals surface area (Å²) in [6.07, 6.45) is 0.653. The standard InChI is InChI=1S/C24H21FN2O3S/c1-17-11-13-19(14-12-17)31(28,29)24-23(26-16-15-18-7-3-2-4-8-18)30-22(27-24)20-9-5-6-10-21(20)25/h2-14,26H,15-16H2,1H3. The van der Waals surface area contributed by atoms with Gasteiger partial charge in [0.25, 0.3) is 0 Å². The van der Waals surface area contributed by atoms with Gasteiger partial charge in [-0.2, -0.15) is 4.98 Å². The van der Waals surface area contributed by atoms with Crippen LogP contribution in [0, 0.1) is 12.7 Å². The van der Waals surface area contributed by atoms with Gasteiger partial charge in [0.15, 0.2) is 0 Å². The van der Waals surface area contributed by atoms with Crippen LogP contribution in [0.5, 0.6) is 0 Å².